The fourth-order valence-corrected chi connectivity index (χ4v) is 3.65. The van der Waals surface area contributed by atoms with E-state index in [0.717, 1.165) is 11.3 Å². The van der Waals surface area contributed by atoms with Gasteiger partial charge in [-0.3, -0.25) is 14.5 Å². The predicted octanol–water partition coefficient (Wildman–Crippen LogP) is 0.303. The number of nitrogens with zero attached hydrogens (tertiary/aromatic N) is 3. The molecule has 0 spiro atoms. The van der Waals surface area contributed by atoms with Crippen molar-refractivity contribution >= 4 is 11.8 Å². The van der Waals surface area contributed by atoms with Crippen molar-refractivity contribution < 1.29 is 14.0 Å². The topological polar surface area (TPSA) is 81.3 Å². The summed E-state index contributed by atoms with van der Waals surface area (Å²) in [6, 6.07) is 5.39. The number of imidazole rings is 1. The molecule has 7 nitrogen and oxygen atoms in total. The Balaban J connectivity index is 1.42. The van der Waals surface area contributed by atoms with Crippen LogP contribution in [0.1, 0.15) is 11.3 Å². The number of halogens is 1. The number of aromatic amines is 1. The lowest BCUT2D eigenvalue weighted by atomic mass is 10.0. The van der Waals surface area contributed by atoms with Crippen molar-refractivity contribution in [2.75, 3.05) is 19.6 Å². The van der Waals surface area contributed by atoms with E-state index in [1.165, 1.54) is 12.1 Å². The van der Waals surface area contributed by atoms with Gasteiger partial charge in [0.15, 0.2) is 0 Å². The summed E-state index contributed by atoms with van der Waals surface area (Å²) < 4.78 is 13.4. The molecule has 0 unspecified atom stereocenters. The molecular formula is C18H20FN5O2. The molecule has 1 aromatic carbocycles. The first-order chi connectivity index (χ1) is 12.6. The van der Waals surface area contributed by atoms with Gasteiger partial charge in [-0.05, 0) is 17.7 Å². The monoisotopic (exact) mass is 357 g/mol. The molecule has 2 N–H and O–H groups in total. The van der Waals surface area contributed by atoms with Gasteiger partial charge in [-0.25, -0.2) is 9.37 Å². The molecule has 2 aromatic rings. The molecule has 0 saturated carbocycles. The van der Waals surface area contributed by atoms with E-state index in [1.807, 2.05) is 6.07 Å². The molecule has 0 bridgehead atoms. The zero-order valence-electron chi connectivity index (χ0n) is 14.2. The first kappa shape index (κ1) is 16.7. The Kier molecular flexibility index (Phi) is 4.42. The van der Waals surface area contributed by atoms with E-state index in [-0.39, 0.29) is 17.6 Å². The van der Waals surface area contributed by atoms with Crippen LogP contribution in [-0.2, 0) is 22.6 Å². The standard InChI is InChI=1S/C18H20FN5O2/c19-13-3-1-2-12(6-13)9-23-4-5-24-16(10-23)17(25)22-15(18(24)26)7-14-8-20-11-21-14/h1-3,6,8,11,15-16H,4-5,7,9-10H2,(H,20,21)(H,22,25)/t15-,16+/m0/s1. The van der Waals surface area contributed by atoms with Crippen LogP contribution in [0.3, 0.4) is 0 Å². The Bertz CT molecular complexity index is 810. The van der Waals surface area contributed by atoms with Crippen molar-refractivity contribution in [2.24, 2.45) is 0 Å². The van der Waals surface area contributed by atoms with E-state index in [9.17, 15) is 14.0 Å². The van der Waals surface area contributed by atoms with Crippen LogP contribution in [0.15, 0.2) is 36.8 Å². The molecule has 0 radical (unpaired) electrons. The minimum absolute atomic E-state index is 0.0606. The van der Waals surface area contributed by atoms with E-state index < -0.39 is 12.1 Å². The van der Waals surface area contributed by atoms with Gasteiger partial charge in [0.25, 0.3) is 0 Å². The maximum Gasteiger partial charge on any atom is 0.246 e. The summed E-state index contributed by atoms with van der Waals surface area (Å²) in [5.41, 5.74) is 1.67. The average molecular weight is 357 g/mol. The van der Waals surface area contributed by atoms with Crippen LogP contribution in [0.5, 0.6) is 0 Å². The highest BCUT2D eigenvalue weighted by Crippen LogP contribution is 2.19. The third-order valence-electron chi connectivity index (χ3n) is 4.94. The number of fused-ring (bicyclic) bond motifs is 1. The lowest BCUT2D eigenvalue weighted by Gasteiger charge is -2.45. The molecule has 2 amide bonds. The fraction of sp³-hybridized carbons (Fsp3) is 0.389. The van der Waals surface area contributed by atoms with Crippen molar-refractivity contribution in [3.05, 3.63) is 53.9 Å². The van der Waals surface area contributed by atoms with Crippen LogP contribution < -0.4 is 5.32 Å². The first-order valence-electron chi connectivity index (χ1n) is 8.65. The van der Waals surface area contributed by atoms with Crippen LogP contribution in [0.2, 0.25) is 0 Å². The summed E-state index contributed by atoms with van der Waals surface area (Å²) in [6.07, 6.45) is 3.61. The molecule has 2 aliphatic heterocycles. The second kappa shape index (κ2) is 6.87. The number of piperazine rings is 2. The maximum atomic E-state index is 13.4. The number of rotatable bonds is 4. The minimum Gasteiger partial charge on any atom is -0.348 e. The van der Waals surface area contributed by atoms with E-state index in [2.05, 4.69) is 20.2 Å². The third kappa shape index (κ3) is 3.32. The van der Waals surface area contributed by atoms with Crippen LogP contribution in [0, 0.1) is 5.82 Å². The molecule has 2 saturated heterocycles. The number of hydrogen-bond acceptors (Lipinski definition) is 4. The molecule has 1 aromatic heterocycles. The van der Waals surface area contributed by atoms with Gasteiger partial charge in [0.1, 0.15) is 17.9 Å². The van der Waals surface area contributed by atoms with Crippen molar-refractivity contribution in [1.82, 2.24) is 25.1 Å². The molecule has 2 fully saturated rings. The van der Waals surface area contributed by atoms with Crippen LogP contribution in [0.25, 0.3) is 0 Å². The first-order valence-corrected chi connectivity index (χ1v) is 8.65. The summed E-state index contributed by atoms with van der Waals surface area (Å²) in [5.74, 6) is -0.471. The molecule has 4 rings (SSSR count). The largest absolute Gasteiger partial charge is 0.348 e. The fourth-order valence-electron chi connectivity index (χ4n) is 3.65. The van der Waals surface area contributed by atoms with Gasteiger partial charge in [0.05, 0.1) is 6.33 Å². The number of nitrogens with one attached hydrogen (secondary N) is 2. The number of H-pyrrole nitrogens is 1. The highest BCUT2D eigenvalue weighted by molar-refractivity contribution is 5.97. The Morgan fingerprint density at radius 3 is 2.92 bits per heavy atom. The number of amides is 2. The van der Waals surface area contributed by atoms with Gasteiger partial charge in [-0.15, -0.1) is 0 Å². The van der Waals surface area contributed by atoms with Crippen molar-refractivity contribution in [3.8, 4) is 0 Å². The third-order valence-corrected chi connectivity index (χ3v) is 4.94. The molecular weight excluding hydrogens is 337 g/mol. The molecule has 136 valence electrons. The van der Waals surface area contributed by atoms with Gasteiger partial charge < -0.3 is 15.2 Å². The smallest absolute Gasteiger partial charge is 0.246 e. The molecule has 8 heteroatoms. The molecule has 2 atom stereocenters. The van der Waals surface area contributed by atoms with Crippen molar-refractivity contribution in [3.63, 3.8) is 0 Å². The minimum atomic E-state index is -0.561. The molecule has 0 aliphatic carbocycles. The predicted molar refractivity (Wildman–Crippen MR) is 91.4 cm³/mol. The number of carbonyl (C=O) groups is 2. The maximum absolute atomic E-state index is 13.4. The average Bonchev–Trinajstić information content (AvgIpc) is 3.13. The van der Waals surface area contributed by atoms with Gasteiger partial charge in [0.2, 0.25) is 11.8 Å². The summed E-state index contributed by atoms with van der Waals surface area (Å²) in [5, 5.41) is 2.83. The summed E-state index contributed by atoms with van der Waals surface area (Å²) in [6.45, 7) is 2.15. The van der Waals surface area contributed by atoms with E-state index in [0.29, 0.717) is 32.6 Å². The Morgan fingerprint density at radius 2 is 2.15 bits per heavy atom. The van der Waals surface area contributed by atoms with E-state index in [1.54, 1.807) is 23.5 Å². The van der Waals surface area contributed by atoms with Gasteiger partial charge in [-0.2, -0.15) is 0 Å². The van der Waals surface area contributed by atoms with E-state index in [4.69, 9.17) is 0 Å². The van der Waals surface area contributed by atoms with Crippen LogP contribution in [-0.4, -0.2) is 63.3 Å². The summed E-state index contributed by atoms with van der Waals surface area (Å²) >= 11 is 0. The van der Waals surface area contributed by atoms with Crippen LogP contribution in [0.4, 0.5) is 4.39 Å². The Morgan fingerprint density at radius 1 is 1.27 bits per heavy atom. The van der Waals surface area contributed by atoms with Gasteiger partial charge in [0, 0.05) is 44.5 Å². The zero-order valence-corrected chi connectivity index (χ0v) is 14.2. The Hall–Kier alpha value is -2.74. The second-order valence-corrected chi connectivity index (χ2v) is 6.75. The van der Waals surface area contributed by atoms with Crippen molar-refractivity contribution in [2.45, 2.75) is 25.0 Å². The number of aromatic nitrogens is 2. The summed E-state index contributed by atoms with van der Waals surface area (Å²) in [4.78, 5) is 35.9. The van der Waals surface area contributed by atoms with Crippen molar-refractivity contribution in [1.29, 1.82) is 0 Å². The second-order valence-electron chi connectivity index (χ2n) is 6.75. The Labute approximate surface area is 150 Å². The lowest BCUT2D eigenvalue weighted by molar-refractivity contribution is -0.153. The SMILES string of the molecule is O=C1N[C@@H](Cc2cnc[nH]2)C(=O)N2CCN(Cc3cccc(F)c3)C[C@H]12. The highest BCUT2D eigenvalue weighted by atomic mass is 19.1. The quantitative estimate of drug-likeness (QED) is 0.825. The molecule has 26 heavy (non-hydrogen) atoms. The molecule has 3 heterocycles. The van der Waals surface area contributed by atoms with Gasteiger partial charge >= 0.3 is 0 Å². The normalized spacial score (nSPS) is 23.7. The number of benzene rings is 1. The zero-order chi connectivity index (χ0) is 18.1. The summed E-state index contributed by atoms with van der Waals surface area (Å²) in [7, 11) is 0. The van der Waals surface area contributed by atoms with Crippen LogP contribution >= 0.6 is 0 Å². The molecule has 2 aliphatic rings. The number of hydrogen-bond donors (Lipinski definition) is 2. The van der Waals surface area contributed by atoms with E-state index >= 15 is 0 Å². The highest BCUT2D eigenvalue weighted by Gasteiger charge is 2.43. The van der Waals surface area contributed by atoms with Gasteiger partial charge in [-0.1, -0.05) is 12.1 Å². The number of carbonyl (C=O) groups excluding carboxylic acids is 2. The lowest BCUT2D eigenvalue weighted by Crippen LogP contribution is -2.69.